The number of esters is 1. The van der Waals surface area contributed by atoms with E-state index in [0.717, 1.165) is 25.7 Å². The quantitative estimate of drug-likeness (QED) is 0.0649. The second-order valence-electron chi connectivity index (χ2n) is 11.2. The first-order chi connectivity index (χ1) is 18.2. The number of aliphatic hydroxyl groups excluding tert-OH is 1. The van der Waals surface area contributed by atoms with Crippen molar-refractivity contribution >= 4 is 56.1 Å². The zero-order valence-corrected chi connectivity index (χ0v) is 39.6. The minimum Gasteiger partial charge on any atom is -1.00 e. The van der Waals surface area contributed by atoms with Crippen molar-refractivity contribution in [3.05, 3.63) is 0 Å². The third-order valence-electron chi connectivity index (χ3n) is 7.26. The van der Waals surface area contributed by atoms with Crippen LogP contribution >= 0.6 is 12.4 Å². The van der Waals surface area contributed by atoms with Gasteiger partial charge in [-0.25, -0.2) is 0 Å². The summed E-state index contributed by atoms with van der Waals surface area (Å²) in [7, 11) is 0. The zero-order chi connectivity index (χ0) is 27.5. The zero-order valence-electron chi connectivity index (χ0n) is 36.5. The normalized spacial score (nSPS) is 7.84. The number of unbranched alkanes of at least 4 members (excludes halogenated alkanes) is 24. The van der Waals surface area contributed by atoms with Gasteiger partial charge >= 0.3 is 95.1 Å². The number of hydrogen-bond donors (Lipinski definition) is 1. The molecule has 0 aromatic heterocycles. The molecule has 0 aliphatic rings. The van der Waals surface area contributed by atoms with E-state index in [-0.39, 0.29) is 171 Å². The standard InChI is InChI=1S/C22H44O2.C12H26O.Ca.ClH.FH.K.10H2O.3H/c1-3-5-7-8-9-10-11-12-13-14-15-16-17-18-19-20-22(23)24-21-6-4-2;1-2-3-4-5-6-7-8-9-10-11-12-13;;;;;;;;;;;;;;;;;/h3-21H2,1-2H3;13H,2-12H2,1H3;;2*1H;;10*1H2;;;/q;;+2;;;+1;;;;;;;;;;;3*-1. The predicted octanol–water partition coefficient (Wildman–Crippen LogP) is 0.779. The van der Waals surface area contributed by atoms with E-state index in [2.05, 4.69) is 20.8 Å². The van der Waals surface area contributed by atoms with E-state index in [9.17, 15) is 4.79 Å². The van der Waals surface area contributed by atoms with E-state index < -0.39 is 0 Å². The van der Waals surface area contributed by atoms with Crippen molar-refractivity contribution in [2.24, 2.45) is 0 Å². The van der Waals surface area contributed by atoms with E-state index in [4.69, 9.17) is 9.84 Å². The second-order valence-corrected chi connectivity index (χ2v) is 11.2. The summed E-state index contributed by atoms with van der Waals surface area (Å²) < 4.78 is 5.16. The maximum atomic E-state index is 11.4. The van der Waals surface area contributed by atoms with Crippen molar-refractivity contribution in [3.8, 4) is 0 Å². The maximum Gasteiger partial charge on any atom is 2.00 e. The van der Waals surface area contributed by atoms with Crippen LogP contribution in [0.3, 0.4) is 0 Å². The first kappa shape index (κ1) is 105. The average molecular weight is 846 g/mol. The Kier molecular flexibility index (Phi) is 214. The Morgan fingerprint density at radius 1 is 0.431 bits per heavy atom. The van der Waals surface area contributed by atoms with E-state index >= 15 is 0 Å². The molecule has 0 heterocycles. The summed E-state index contributed by atoms with van der Waals surface area (Å²) in [5.41, 5.74) is 0. The molecular weight excluding hydrogens is 750 g/mol. The fourth-order valence-corrected chi connectivity index (χ4v) is 4.64. The Hall–Kier alpha value is 2.15. The minimum atomic E-state index is -0.00172. The molecule has 0 aliphatic heterocycles. The van der Waals surface area contributed by atoms with Gasteiger partial charge < -0.3 is 68.9 Å². The molecule has 0 saturated carbocycles. The Bertz CT molecular complexity index is 456. The molecule has 0 aromatic carbocycles. The maximum absolute atomic E-state index is 11.4. The summed E-state index contributed by atoms with van der Waals surface area (Å²) >= 11 is 0. The van der Waals surface area contributed by atoms with Crippen LogP contribution in [0, 0.1) is 0 Å². The number of halogens is 2. The molecule has 17 heteroatoms. The van der Waals surface area contributed by atoms with Crippen LogP contribution in [0.5, 0.6) is 0 Å². The van der Waals surface area contributed by atoms with E-state index in [0.29, 0.717) is 19.6 Å². The van der Waals surface area contributed by atoms with E-state index in [1.807, 2.05) is 0 Å². The SMILES string of the molecule is CCCCCCCCCCCCCCCCCC(=O)OCCCC.CCCCCCCCCCCCO.Cl.F.O.O.O.O.O.O.O.O.O.O.[Ca+2].[H-].[H-].[H-].[K+]. The Labute approximate surface area is 395 Å². The first-order valence-electron chi connectivity index (χ1n) is 17.0. The molecule has 21 N–H and O–H groups in total. The second kappa shape index (κ2) is 104. The summed E-state index contributed by atoms with van der Waals surface area (Å²) in [6, 6.07) is 0. The van der Waals surface area contributed by atoms with Gasteiger partial charge in [-0.2, -0.15) is 0 Å². The number of ether oxygens (including phenoxy) is 1. The van der Waals surface area contributed by atoms with E-state index in [1.54, 1.807) is 0 Å². The van der Waals surface area contributed by atoms with Crippen molar-refractivity contribution in [1.82, 2.24) is 0 Å². The fraction of sp³-hybridized carbons (Fsp3) is 0.971. The third kappa shape index (κ3) is 112. The molecule has 0 bridgehead atoms. The van der Waals surface area contributed by atoms with Crippen LogP contribution in [0.15, 0.2) is 0 Å². The Morgan fingerprint density at radius 3 is 0.882 bits per heavy atom. The molecule has 0 aliphatic carbocycles. The molecule has 326 valence electrons. The van der Waals surface area contributed by atoms with Gasteiger partial charge in [0.1, 0.15) is 0 Å². The molecular formula is C34H95CaClFKO13. The predicted molar refractivity (Wildman–Crippen MR) is 219 cm³/mol. The summed E-state index contributed by atoms with van der Waals surface area (Å²) in [4.78, 5) is 11.4. The molecule has 0 aromatic rings. The smallest absolute Gasteiger partial charge is 1.00 e. The molecule has 13 nitrogen and oxygen atoms in total. The fourth-order valence-electron chi connectivity index (χ4n) is 4.64. The van der Waals surface area contributed by atoms with Gasteiger partial charge in [0.2, 0.25) is 0 Å². The van der Waals surface area contributed by atoms with E-state index in [1.165, 1.54) is 148 Å². The van der Waals surface area contributed by atoms with Crippen molar-refractivity contribution in [1.29, 1.82) is 0 Å². The van der Waals surface area contributed by atoms with Gasteiger partial charge in [-0.3, -0.25) is 9.50 Å². The summed E-state index contributed by atoms with van der Waals surface area (Å²) in [6.07, 6.45) is 36.4. The van der Waals surface area contributed by atoms with Crippen LogP contribution in [0.2, 0.25) is 0 Å². The number of rotatable bonds is 29. The number of carbonyl (C=O) groups excluding carboxylic acids is 1. The molecule has 0 atom stereocenters. The molecule has 0 saturated heterocycles. The molecule has 0 spiro atoms. The molecule has 0 fully saturated rings. The van der Waals surface area contributed by atoms with Gasteiger partial charge in [0.25, 0.3) is 0 Å². The third-order valence-corrected chi connectivity index (χ3v) is 7.26. The number of carbonyl (C=O) groups is 1. The van der Waals surface area contributed by atoms with Gasteiger partial charge in [0, 0.05) is 13.0 Å². The van der Waals surface area contributed by atoms with Crippen LogP contribution in [-0.4, -0.2) is 117 Å². The summed E-state index contributed by atoms with van der Waals surface area (Å²) in [5, 5.41) is 8.57. The van der Waals surface area contributed by atoms with Crippen molar-refractivity contribution in [2.45, 2.75) is 201 Å². The molecule has 51 heavy (non-hydrogen) atoms. The molecule has 0 radical (unpaired) electrons. The van der Waals surface area contributed by atoms with Gasteiger partial charge in [-0.1, -0.05) is 175 Å². The molecule has 0 rings (SSSR count). The van der Waals surface area contributed by atoms with Crippen molar-refractivity contribution < 1.29 is 130 Å². The van der Waals surface area contributed by atoms with Crippen molar-refractivity contribution in [2.75, 3.05) is 13.2 Å². The Morgan fingerprint density at radius 2 is 0.647 bits per heavy atom. The van der Waals surface area contributed by atoms with Gasteiger partial charge in [0.15, 0.2) is 0 Å². The summed E-state index contributed by atoms with van der Waals surface area (Å²) in [6.45, 7) is 7.63. The largest absolute Gasteiger partial charge is 2.00 e. The van der Waals surface area contributed by atoms with Crippen LogP contribution in [0.25, 0.3) is 0 Å². The van der Waals surface area contributed by atoms with Gasteiger partial charge in [0.05, 0.1) is 6.61 Å². The number of aliphatic hydroxyl groups is 1. The molecule has 0 unspecified atom stereocenters. The van der Waals surface area contributed by atoms with Crippen LogP contribution in [-0.2, 0) is 9.53 Å². The van der Waals surface area contributed by atoms with Crippen LogP contribution < -0.4 is 51.4 Å². The number of hydrogen-bond acceptors (Lipinski definition) is 3. The average Bonchev–Trinajstić information content (AvgIpc) is 2.90. The monoisotopic (exact) mass is 845 g/mol. The van der Waals surface area contributed by atoms with Crippen LogP contribution in [0.4, 0.5) is 4.70 Å². The topological polar surface area (TPSA) is 362 Å². The summed E-state index contributed by atoms with van der Waals surface area (Å²) in [5.74, 6) is -0.00172. The first-order valence-corrected chi connectivity index (χ1v) is 17.0. The van der Waals surface area contributed by atoms with Crippen LogP contribution in [0.1, 0.15) is 205 Å². The van der Waals surface area contributed by atoms with Gasteiger partial charge in [-0.15, -0.1) is 12.4 Å². The van der Waals surface area contributed by atoms with Gasteiger partial charge in [-0.05, 0) is 19.3 Å². The van der Waals surface area contributed by atoms with Crippen molar-refractivity contribution in [3.63, 3.8) is 0 Å². The Balaban J connectivity index is -0.0000000218. The molecule has 0 amide bonds. The minimum absolute atomic E-state index is 0.